The maximum Gasteiger partial charge on any atom is 0.160 e. The highest BCUT2D eigenvalue weighted by Crippen LogP contribution is 2.37. The first kappa shape index (κ1) is 16.1. The molecule has 0 spiro atoms. The second-order valence-electron chi connectivity index (χ2n) is 5.96. The fourth-order valence-corrected chi connectivity index (χ4v) is 3.74. The predicted molar refractivity (Wildman–Crippen MR) is 77.5 cm³/mol. The molecular formula is C15H21BrClNO2. The number of halogens is 2. The van der Waals surface area contributed by atoms with Crippen LogP contribution in [0.5, 0.6) is 5.75 Å². The molecule has 1 aromatic rings. The zero-order chi connectivity index (χ0) is 13.5. The smallest absolute Gasteiger partial charge is 0.160 e. The van der Waals surface area contributed by atoms with E-state index in [4.69, 9.17) is 4.74 Å². The standard InChI is InChI=1S/C15H20BrNO2.ClH/c1-15(17-7-3-2-4-8-17)10-19-13-6-5-11(16)9-12(13)14(15)18;/h5-6,9,14,18H,2-4,7-8,10H2,1H3;1H. The van der Waals surface area contributed by atoms with E-state index in [0.29, 0.717) is 6.61 Å². The minimum atomic E-state index is -0.457. The molecule has 0 aliphatic carbocycles. The van der Waals surface area contributed by atoms with Gasteiger partial charge in [0.05, 0.1) is 13.1 Å². The molecule has 0 saturated carbocycles. The van der Waals surface area contributed by atoms with Gasteiger partial charge in [-0.05, 0) is 44.4 Å². The van der Waals surface area contributed by atoms with Crippen LogP contribution < -0.4 is 22.0 Å². The summed E-state index contributed by atoms with van der Waals surface area (Å²) in [5.41, 5.74) is 0.690. The Morgan fingerprint density at radius 2 is 2.00 bits per heavy atom. The molecular weight excluding hydrogens is 342 g/mol. The van der Waals surface area contributed by atoms with Crippen LogP contribution in [-0.4, -0.2) is 30.3 Å². The molecule has 2 N–H and O–H groups in total. The van der Waals surface area contributed by atoms with Crippen LogP contribution >= 0.6 is 15.9 Å². The van der Waals surface area contributed by atoms with Crippen molar-refractivity contribution in [2.75, 3.05) is 19.7 Å². The minimum Gasteiger partial charge on any atom is -1.00 e. The van der Waals surface area contributed by atoms with E-state index in [2.05, 4.69) is 22.9 Å². The molecule has 2 heterocycles. The second-order valence-corrected chi connectivity index (χ2v) is 6.87. The molecule has 0 aromatic heterocycles. The van der Waals surface area contributed by atoms with Crippen molar-refractivity contribution in [1.29, 1.82) is 0 Å². The zero-order valence-corrected chi connectivity index (χ0v) is 14.0. The average molecular weight is 363 g/mol. The van der Waals surface area contributed by atoms with E-state index in [1.807, 2.05) is 18.2 Å². The number of benzene rings is 1. The first-order valence-corrected chi connectivity index (χ1v) is 7.86. The van der Waals surface area contributed by atoms with Crippen LogP contribution in [-0.2, 0) is 0 Å². The van der Waals surface area contributed by atoms with E-state index in [9.17, 15) is 5.11 Å². The number of nitrogens with one attached hydrogen (secondary N) is 1. The van der Waals surface area contributed by atoms with Gasteiger partial charge in [-0.25, -0.2) is 0 Å². The largest absolute Gasteiger partial charge is 1.00 e. The summed E-state index contributed by atoms with van der Waals surface area (Å²) >= 11 is 3.48. The summed E-state index contributed by atoms with van der Waals surface area (Å²) in [5.74, 6) is 0.824. The van der Waals surface area contributed by atoms with Crippen LogP contribution in [0, 0.1) is 0 Å². The number of fused-ring (bicyclic) bond motifs is 1. The highest BCUT2D eigenvalue weighted by molar-refractivity contribution is 9.10. The number of rotatable bonds is 1. The first-order chi connectivity index (χ1) is 9.11. The number of quaternary nitrogens is 1. The molecule has 0 amide bonds. The number of piperidine rings is 1. The van der Waals surface area contributed by atoms with Crippen LogP contribution in [0.25, 0.3) is 0 Å². The third-order valence-corrected chi connectivity index (χ3v) is 5.16. The molecule has 2 aliphatic rings. The van der Waals surface area contributed by atoms with Crippen molar-refractivity contribution in [2.24, 2.45) is 0 Å². The number of ether oxygens (including phenoxy) is 1. The summed E-state index contributed by atoms with van der Waals surface area (Å²) in [4.78, 5) is 1.48. The quantitative estimate of drug-likeness (QED) is 0.652. The van der Waals surface area contributed by atoms with Crippen LogP contribution in [0.1, 0.15) is 37.9 Å². The van der Waals surface area contributed by atoms with Gasteiger partial charge in [-0.2, -0.15) is 0 Å². The Bertz CT molecular complexity index is 479. The van der Waals surface area contributed by atoms with Crippen molar-refractivity contribution in [3.8, 4) is 5.75 Å². The molecule has 3 rings (SSSR count). The van der Waals surface area contributed by atoms with Crippen LogP contribution in [0.3, 0.4) is 0 Å². The van der Waals surface area contributed by atoms with E-state index in [0.717, 1.165) is 28.9 Å². The molecule has 0 radical (unpaired) electrons. The van der Waals surface area contributed by atoms with Gasteiger partial charge in [0, 0.05) is 10.0 Å². The maximum absolute atomic E-state index is 10.8. The second kappa shape index (κ2) is 6.22. The number of hydrogen-bond donors (Lipinski definition) is 2. The number of aliphatic hydroxyl groups is 1. The lowest BCUT2D eigenvalue weighted by molar-refractivity contribution is -0.961. The van der Waals surface area contributed by atoms with Crippen LogP contribution in [0.2, 0.25) is 0 Å². The summed E-state index contributed by atoms with van der Waals surface area (Å²) < 4.78 is 6.91. The molecule has 112 valence electrons. The van der Waals surface area contributed by atoms with Gasteiger partial charge in [-0.15, -0.1) is 0 Å². The highest BCUT2D eigenvalue weighted by atomic mass is 79.9. The molecule has 2 unspecified atom stereocenters. The summed E-state index contributed by atoms with van der Waals surface area (Å²) in [6.07, 6.45) is 3.37. The topological polar surface area (TPSA) is 33.9 Å². The first-order valence-electron chi connectivity index (χ1n) is 7.07. The Morgan fingerprint density at radius 3 is 2.70 bits per heavy atom. The minimum absolute atomic E-state index is 0. The summed E-state index contributed by atoms with van der Waals surface area (Å²) in [5, 5.41) is 10.8. The molecule has 1 aromatic carbocycles. The van der Waals surface area contributed by atoms with Crippen molar-refractivity contribution in [1.82, 2.24) is 0 Å². The monoisotopic (exact) mass is 361 g/mol. The summed E-state index contributed by atoms with van der Waals surface area (Å²) in [6, 6.07) is 5.89. The van der Waals surface area contributed by atoms with E-state index in [1.54, 1.807) is 0 Å². The third kappa shape index (κ3) is 2.71. The van der Waals surface area contributed by atoms with Crippen molar-refractivity contribution < 1.29 is 27.2 Å². The van der Waals surface area contributed by atoms with Crippen LogP contribution in [0.15, 0.2) is 22.7 Å². The van der Waals surface area contributed by atoms with Crippen LogP contribution in [0.4, 0.5) is 0 Å². The predicted octanol–water partition coefficient (Wildman–Crippen LogP) is -1.29. The fraction of sp³-hybridized carbons (Fsp3) is 0.600. The Kier molecular flexibility index (Phi) is 5.00. The normalized spacial score (nSPS) is 30.1. The lowest BCUT2D eigenvalue weighted by Crippen LogP contribution is -3.22. The maximum atomic E-state index is 10.8. The van der Waals surface area contributed by atoms with Gasteiger partial charge < -0.3 is 27.2 Å². The van der Waals surface area contributed by atoms with Crippen molar-refractivity contribution in [2.45, 2.75) is 37.8 Å². The molecule has 0 bridgehead atoms. The summed E-state index contributed by atoms with van der Waals surface area (Å²) in [7, 11) is 0. The van der Waals surface area contributed by atoms with Crippen molar-refractivity contribution in [3.05, 3.63) is 28.2 Å². The van der Waals surface area contributed by atoms with E-state index < -0.39 is 6.10 Å². The van der Waals surface area contributed by atoms with Gasteiger partial charge >= 0.3 is 0 Å². The van der Waals surface area contributed by atoms with E-state index >= 15 is 0 Å². The summed E-state index contributed by atoms with van der Waals surface area (Å²) in [6.45, 7) is 5.03. The zero-order valence-electron chi connectivity index (χ0n) is 11.7. The van der Waals surface area contributed by atoms with Gasteiger partial charge in [-0.3, -0.25) is 0 Å². The Hall–Kier alpha value is -0.290. The number of likely N-dealkylation sites (tertiary alicyclic amines) is 1. The lowest BCUT2D eigenvalue weighted by atomic mass is 9.84. The Labute approximate surface area is 134 Å². The van der Waals surface area contributed by atoms with Gasteiger partial charge in [-0.1, -0.05) is 15.9 Å². The Balaban J connectivity index is 0.00000147. The van der Waals surface area contributed by atoms with Gasteiger partial charge in [0.15, 0.2) is 5.54 Å². The third-order valence-electron chi connectivity index (χ3n) is 4.66. The highest BCUT2D eigenvalue weighted by Gasteiger charge is 2.48. The van der Waals surface area contributed by atoms with E-state index in [1.165, 1.54) is 24.2 Å². The van der Waals surface area contributed by atoms with E-state index in [-0.39, 0.29) is 17.9 Å². The molecule has 2 atom stereocenters. The molecule has 1 fully saturated rings. The molecule has 2 aliphatic heterocycles. The van der Waals surface area contributed by atoms with Gasteiger partial charge in [0.2, 0.25) is 0 Å². The van der Waals surface area contributed by atoms with Crippen molar-refractivity contribution in [3.63, 3.8) is 0 Å². The molecule has 1 saturated heterocycles. The lowest BCUT2D eigenvalue weighted by Gasteiger charge is -2.45. The SMILES string of the molecule is CC1([NH+]2CCCCC2)COc2ccc(Br)cc2C1O.[Cl-]. The molecule has 3 nitrogen and oxygen atoms in total. The van der Waals surface area contributed by atoms with Gasteiger partial charge in [0.1, 0.15) is 18.5 Å². The number of aliphatic hydroxyl groups excluding tert-OH is 1. The van der Waals surface area contributed by atoms with Crippen molar-refractivity contribution >= 4 is 15.9 Å². The Morgan fingerprint density at radius 1 is 1.30 bits per heavy atom. The molecule has 5 heteroatoms. The number of hydrogen-bond acceptors (Lipinski definition) is 2. The molecule has 20 heavy (non-hydrogen) atoms. The van der Waals surface area contributed by atoms with Gasteiger partial charge in [0.25, 0.3) is 0 Å². The fourth-order valence-electron chi connectivity index (χ4n) is 3.36. The average Bonchev–Trinajstić information content (AvgIpc) is 2.45.